The number of nitrogens with one attached hydrogen (secondary N) is 2. The number of guanidine groups is 1. The van der Waals surface area contributed by atoms with Crippen molar-refractivity contribution in [1.29, 1.82) is 0 Å². The fourth-order valence-corrected chi connectivity index (χ4v) is 4.53. The van der Waals surface area contributed by atoms with Crippen LogP contribution in [0.1, 0.15) is 31.0 Å². The topological polar surface area (TPSA) is 65.7 Å². The molecular weight excluding hydrogens is 533 g/mol. The minimum absolute atomic E-state index is 0. The lowest BCUT2D eigenvalue weighted by Gasteiger charge is -2.33. The summed E-state index contributed by atoms with van der Waals surface area (Å²) in [5.41, 5.74) is 3.16. The van der Waals surface area contributed by atoms with Crippen LogP contribution >= 0.6 is 35.3 Å². The Bertz CT molecular complexity index is 963. The molecule has 3 heterocycles. The molecule has 2 N–H and O–H groups in total. The smallest absolute Gasteiger partial charge is 0.226 e. The molecule has 2 aromatic heterocycles. The molecule has 6 nitrogen and oxygen atoms in total. The maximum Gasteiger partial charge on any atom is 0.226 e. The van der Waals surface area contributed by atoms with Crippen LogP contribution in [0.3, 0.4) is 0 Å². The van der Waals surface area contributed by atoms with Crippen molar-refractivity contribution < 1.29 is 4.42 Å². The third-order valence-electron chi connectivity index (χ3n) is 5.49. The van der Waals surface area contributed by atoms with Crippen molar-refractivity contribution in [2.75, 3.05) is 31.1 Å². The van der Waals surface area contributed by atoms with Gasteiger partial charge in [0.25, 0.3) is 0 Å². The molecule has 32 heavy (non-hydrogen) atoms. The molecule has 3 aromatic rings. The van der Waals surface area contributed by atoms with Gasteiger partial charge in [0.2, 0.25) is 5.89 Å². The average Bonchev–Trinajstić information content (AvgIpc) is 3.48. The second-order valence-electron chi connectivity index (χ2n) is 7.88. The zero-order valence-electron chi connectivity index (χ0n) is 18.7. The third kappa shape index (κ3) is 6.71. The van der Waals surface area contributed by atoms with Crippen molar-refractivity contribution in [1.82, 2.24) is 15.6 Å². The van der Waals surface area contributed by atoms with Gasteiger partial charge in [-0.25, -0.2) is 4.98 Å². The van der Waals surface area contributed by atoms with Gasteiger partial charge >= 0.3 is 0 Å². The zero-order chi connectivity index (χ0) is 21.5. The highest BCUT2D eigenvalue weighted by Gasteiger charge is 2.20. The Kier molecular flexibility index (Phi) is 9.40. The Hall–Kier alpha value is -2.07. The second-order valence-corrected chi connectivity index (χ2v) is 8.80. The molecule has 172 valence electrons. The average molecular weight is 566 g/mol. The summed E-state index contributed by atoms with van der Waals surface area (Å²) in [4.78, 5) is 11.9. The fourth-order valence-electron chi connectivity index (χ4n) is 3.74. The quantitative estimate of drug-likeness (QED) is 0.237. The lowest BCUT2D eigenvalue weighted by molar-refractivity contribution is 0.463. The first-order valence-electron chi connectivity index (χ1n) is 11.1. The molecule has 1 aliphatic heterocycles. The fraction of sp³-hybridized carbons (Fsp3) is 0.417. The molecule has 1 fully saturated rings. The number of halogens is 1. The summed E-state index contributed by atoms with van der Waals surface area (Å²) in [5.74, 6) is 1.56. The Balaban J connectivity index is 0.00000289. The summed E-state index contributed by atoms with van der Waals surface area (Å²) < 4.78 is 5.66. The number of thiophene rings is 1. The number of hydrogen-bond acceptors (Lipinski definition) is 5. The number of rotatable bonds is 7. The van der Waals surface area contributed by atoms with Crippen LogP contribution in [0.5, 0.6) is 0 Å². The van der Waals surface area contributed by atoms with E-state index in [4.69, 9.17) is 9.41 Å². The Labute approximate surface area is 211 Å². The van der Waals surface area contributed by atoms with Gasteiger partial charge in [0.15, 0.2) is 5.96 Å². The van der Waals surface area contributed by atoms with Gasteiger partial charge in [-0.05, 0) is 56.3 Å². The molecule has 4 rings (SSSR count). The summed E-state index contributed by atoms with van der Waals surface area (Å²) in [7, 11) is 0. The van der Waals surface area contributed by atoms with E-state index in [0.29, 0.717) is 18.5 Å². The van der Waals surface area contributed by atoms with E-state index in [2.05, 4.69) is 64.0 Å². The summed E-state index contributed by atoms with van der Waals surface area (Å²) in [5, 5.41) is 10.5. The minimum atomic E-state index is 0. The molecule has 0 unspecified atom stereocenters. The molecule has 0 amide bonds. The Morgan fingerprint density at radius 2 is 2.00 bits per heavy atom. The van der Waals surface area contributed by atoms with Gasteiger partial charge in [-0.1, -0.05) is 17.7 Å². The van der Waals surface area contributed by atoms with Gasteiger partial charge in [-0.3, -0.25) is 4.99 Å². The molecule has 0 bridgehead atoms. The molecule has 0 atom stereocenters. The van der Waals surface area contributed by atoms with E-state index in [0.717, 1.165) is 56.1 Å². The van der Waals surface area contributed by atoms with Crippen molar-refractivity contribution in [2.24, 2.45) is 4.99 Å². The highest BCUT2D eigenvalue weighted by molar-refractivity contribution is 14.0. The maximum atomic E-state index is 5.66. The first-order valence-corrected chi connectivity index (χ1v) is 11.9. The van der Waals surface area contributed by atoms with Crippen LogP contribution in [0.4, 0.5) is 5.00 Å². The normalized spacial score (nSPS) is 14.8. The highest BCUT2D eigenvalue weighted by atomic mass is 127. The SMILES string of the molecule is CCNC(=NCCc1coc(-c2ccc(C)cc2)n1)NC1CCN(c2cccs2)CC1.I. The molecule has 0 radical (unpaired) electrons. The van der Waals surface area contributed by atoms with Gasteiger partial charge < -0.3 is 20.0 Å². The molecule has 0 spiro atoms. The van der Waals surface area contributed by atoms with Crippen LogP contribution in [-0.4, -0.2) is 43.2 Å². The van der Waals surface area contributed by atoms with E-state index in [1.165, 1.54) is 10.6 Å². The van der Waals surface area contributed by atoms with E-state index < -0.39 is 0 Å². The van der Waals surface area contributed by atoms with Gasteiger partial charge in [0, 0.05) is 44.2 Å². The first kappa shape index (κ1) is 24.6. The van der Waals surface area contributed by atoms with E-state index in [1.807, 2.05) is 23.5 Å². The summed E-state index contributed by atoms with van der Waals surface area (Å²) in [6.45, 7) is 7.86. The van der Waals surface area contributed by atoms with Crippen LogP contribution in [0.2, 0.25) is 0 Å². The number of aliphatic imine (C=N–C) groups is 1. The van der Waals surface area contributed by atoms with Crippen molar-refractivity contribution in [2.45, 2.75) is 39.2 Å². The number of piperidine rings is 1. The van der Waals surface area contributed by atoms with Gasteiger partial charge in [-0.15, -0.1) is 35.3 Å². The van der Waals surface area contributed by atoms with Crippen LogP contribution in [-0.2, 0) is 6.42 Å². The van der Waals surface area contributed by atoms with E-state index >= 15 is 0 Å². The van der Waals surface area contributed by atoms with E-state index in [9.17, 15) is 0 Å². The van der Waals surface area contributed by atoms with Crippen LogP contribution in [0.25, 0.3) is 11.5 Å². The van der Waals surface area contributed by atoms with Crippen molar-refractivity contribution >= 4 is 46.3 Å². The molecule has 1 aromatic carbocycles. The van der Waals surface area contributed by atoms with E-state index in [1.54, 1.807) is 6.26 Å². The predicted molar refractivity (Wildman–Crippen MR) is 144 cm³/mol. The number of oxazole rings is 1. The lowest BCUT2D eigenvalue weighted by atomic mass is 10.1. The van der Waals surface area contributed by atoms with Crippen LogP contribution in [0.15, 0.2) is 57.5 Å². The van der Waals surface area contributed by atoms with E-state index in [-0.39, 0.29) is 24.0 Å². The van der Waals surface area contributed by atoms with Crippen molar-refractivity contribution in [3.63, 3.8) is 0 Å². The number of nitrogens with zero attached hydrogens (tertiary/aromatic N) is 3. The Morgan fingerprint density at radius 1 is 1.22 bits per heavy atom. The lowest BCUT2D eigenvalue weighted by Crippen LogP contribution is -2.48. The second kappa shape index (κ2) is 12.2. The zero-order valence-corrected chi connectivity index (χ0v) is 21.9. The highest BCUT2D eigenvalue weighted by Crippen LogP contribution is 2.24. The van der Waals surface area contributed by atoms with Crippen molar-refractivity contribution in [3.8, 4) is 11.5 Å². The number of hydrogen-bond donors (Lipinski definition) is 2. The van der Waals surface area contributed by atoms with Crippen LogP contribution in [0, 0.1) is 6.92 Å². The number of aryl methyl sites for hydroxylation is 1. The Morgan fingerprint density at radius 3 is 2.69 bits per heavy atom. The number of aromatic nitrogens is 1. The van der Waals surface area contributed by atoms with Gasteiger partial charge in [0.1, 0.15) is 6.26 Å². The number of benzene rings is 1. The molecule has 8 heteroatoms. The standard InChI is InChI=1S/C24H31N5OS.HI/c1-3-25-24(28-20-11-14-29(15-12-20)22-5-4-16-31-22)26-13-10-21-17-30-23(27-21)19-8-6-18(2)7-9-19;/h4-9,16-17,20H,3,10-15H2,1-2H3,(H2,25,26,28);1H. The largest absolute Gasteiger partial charge is 0.444 e. The third-order valence-corrected chi connectivity index (χ3v) is 6.41. The molecule has 1 saturated heterocycles. The maximum absolute atomic E-state index is 5.66. The summed E-state index contributed by atoms with van der Waals surface area (Å²) in [6, 6.07) is 13.0. The predicted octanol–water partition coefficient (Wildman–Crippen LogP) is 5.10. The molecule has 0 saturated carbocycles. The minimum Gasteiger partial charge on any atom is -0.444 e. The molecule has 0 aliphatic carbocycles. The monoisotopic (exact) mass is 565 g/mol. The molecule has 1 aliphatic rings. The van der Waals surface area contributed by atoms with Crippen LogP contribution < -0.4 is 15.5 Å². The van der Waals surface area contributed by atoms with Crippen molar-refractivity contribution in [3.05, 3.63) is 59.3 Å². The first-order chi connectivity index (χ1) is 15.2. The van der Waals surface area contributed by atoms with Gasteiger partial charge in [0.05, 0.1) is 10.7 Å². The van der Waals surface area contributed by atoms with Gasteiger partial charge in [-0.2, -0.15) is 0 Å². The summed E-state index contributed by atoms with van der Waals surface area (Å²) in [6.07, 6.45) is 4.73. The number of anilines is 1. The molecular formula is C24H32IN5OS. The summed E-state index contributed by atoms with van der Waals surface area (Å²) >= 11 is 1.82.